The van der Waals surface area contributed by atoms with Gasteiger partial charge in [-0.25, -0.2) is 0 Å². The van der Waals surface area contributed by atoms with E-state index in [1.165, 1.54) is 71.1 Å². The van der Waals surface area contributed by atoms with Crippen molar-refractivity contribution in [2.75, 3.05) is 19.7 Å². The van der Waals surface area contributed by atoms with Crippen molar-refractivity contribution in [2.45, 2.75) is 194 Å². The minimum Gasteiger partial charge on any atom is -0.457 e. The third-order valence-corrected chi connectivity index (χ3v) is 17.8. The minimum atomic E-state index is -1.25. The normalized spacial score (nSPS) is 50.4. The Labute approximate surface area is 308 Å². The number of hydrogen-bond acceptors (Lipinski definition) is 8. The second-order valence-corrected chi connectivity index (χ2v) is 20.8. The number of hydrogen-bond donors (Lipinski definition) is 2. The molecule has 6 saturated carbocycles. The van der Waals surface area contributed by atoms with E-state index in [2.05, 4.69) is 39.5 Å². The minimum absolute atomic E-state index is 0.0446. The van der Waals surface area contributed by atoms with Crippen LogP contribution in [-0.4, -0.2) is 89.2 Å². The average Bonchev–Trinajstić information content (AvgIpc) is 3.77. The first-order valence-electron chi connectivity index (χ1n) is 21.2. The lowest BCUT2D eigenvalue weighted by atomic mass is 9.41. The molecule has 2 heterocycles. The van der Waals surface area contributed by atoms with Crippen molar-refractivity contribution < 1.29 is 34.0 Å². The monoisotopic (exact) mass is 714 g/mol. The van der Waals surface area contributed by atoms with Gasteiger partial charge in [-0.1, -0.05) is 60.3 Å². The molecule has 0 aromatic carbocycles. The maximum absolute atomic E-state index is 12.6. The number of ether oxygens (including phenoxy) is 4. The van der Waals surface area contributed by atoms with Crippen molar-refractivity contribution in [1.29, 1.82) is 0 Å². The van der Waals surface area contributed by atoms with Crippen LogP contribution in [0.4, 0.5) is 0 Å². The van der Waals surface area contributed by atoms with E-state index in [1.807, 2.05) is 0 Å². The van der Waals surface area contributed by atoms with Gasteiger partial charge in [0.1, 0.15) is 0 Å². The van der Waals surface area contributed by atoms with Gasteiger partial charge in [-0.3, -0.25) is 9.69 Å². The van der Waals surface area contributed by atoms with E-state index in [0.717, 1.165) is 39.0 Å². The number of carbonyl (C=O) groups excluding carboxylic acids is 1. The predicted molar refractivity (Wildman–Crippen MR) is 196 cm³/mol. The second-order valence-electron chi connectivity index (χ2n) is 20.8. The van der Waals surface area contributed by atoms with Crippen molar-refractivity contribution in [3.05, 3.63) is 0 Å². The van der Waals surface area contributed by atoms with Crippen LogP contribution < -0.4 is 0 Å². The topological polar surface area (TPSA) is 97.7 Å². The Morgan fingerprint density at radius 1 is 0.941 bits per heavy atom. The maximum atomic E-state index is 12.6. The van der Waals surface area contributed by atoms with Crippen LogP contribution in [0.15, 0.2) is 0 Å². The van der Waals surface area contributed by atoms with E-state index >= 15 is 0 Å². The molecule has 8 fully saturated rings. The van der Waals surface area contributed by atoms with Crippen LogP contribution in [0.1, 0.15) is 145 Å². The van der Waals surface area contributed by atoms with E-state index in [1.54, 1.807) is 13.8 Å². The van der Waals surface area contributed by atoms with Crippen LogP contribution in [-0.2, 0) is 23.7 Å². The highest BCUT2D eigenvalue weighted by atomic mass is 16.7. The molecule has 0 amide bonds. The second kappa shape index (κ2) is 12.6. The van der Waals surface area contributed by atoms with E-state index < -0.39 is 29.9 Å². The van der Waals surface area contributed by atoms with Crippen LogP contribution in [0, 0.1) is 50.7 Å². The summed E-state index contributed by atoms with van der Waals surface area (Å²) in [5.41, 5.74) is -0.891. The highest BCUT2D eigenvalue weighted by molar-refractivity contribution is 5.66. The summed E-state index contributed by atoms with van der Waals surface area (Å²) < 4.78 is 26.0. The Morgan fingerprint density at radius 2 is 1.63 bits per heavy atom. The predicted octanol–water partition coefficient (Wildman–Crippen LogP) is 7.27. The maximum Gasteiger partial charge on any atom is 0.303 e. The summed E-state index contributed by atoms with van der Waals surface area (Å²) in [7, 11) is 0. The first-order chi connectivity index (χ1) is 24.0. The Hall–Kier alpha value is -0.770. The van der Waals surface area contributed by atoms with Crippen molar-refractivity contribution in [3.8, 4) is 0 Å². The van der Waals surface area contributed by atoms with Crippen LogP contribution in [0.3, 0.4) is 0 Å². The SMILES string of the molecule is CC(=O)OC(C1CC(C)C2C(O1)C(O)C1(C)C3CCC4C(C)(C)C(OC5CN(C6CCCCCC6)CCO5)CCC45CC35CCC21C)C(C)(C)O. The third-order valence-electron chi connectivity index (χ3n) is 17.8. The fourth-order valence-corrected chi connectivity index (χ4v) is 15.5. The molecule has 0 bridgehead atoms. The van der Waals surface area contributed by atoms with Gasteiger partial charge in [-0.15, -0.1) is 0 Å². The van der Waals surface area contributed by atoms with Crippen LogP contribution in [0.25, 0.3) is 0 Å². The first kappa shape index (κ1) is 37.2. The van der Waals surface area contributed by atoms with Gasteiger partial charge in [-0.2, -0.15) is 0 Å². The molecular weight excluding hydrogens is 642 g/mol. The van der Waals surface area contributed by atoms with Gasteiger partial charge in [0.05, 0.1) is 36.6 Å². The molecule has 8 heteroatoms. The van der Waals surface area contributed by atoms with Gasteiger partial charge < -0.3 is 29.2 Å². The van der Waals surface area contributed by atoms with E-state index in [0.29, 0.717) is 29.7 Å². The number of fused-ring (bicyclic) bond motifs is 4. The third kappa shape index (κ3) is 5.43. The van der Waals surface area contributed by atoms with Gasteiger partial charge in [0.25, 0.3) is 0 Å². The summed E-state index contributed by atoms with van der Waals surface area (Å²) in [6.07, 6.45) is 15.1. The molecule has 14 atom stereocenters. The number of rotatable bonds is 6. The zero-order valence-corrected chi connectivity index (χ0v) is 33.3. The number of aliphatic hydroxyl groups excluding tert-OH is 1. The molecular formula is C43H71NO7. The molecule has 290 valence electrons. The average molecular weight is 714 g/mol. The summed E-state index contributed by atoms with van der Waals surface area (Å²) in [4.78, 5) is 14.8. The van der Waals surface area contributed by atoms with Gasteiger partial charge in [0, 0.05) is 31.5 Å². The number of esters is 1. The fraction of sp³-hybridized carbons (Fsp3) is 0.977. The largest absolute Gasteiger partial charge is 0.457 e. The zero-order chi connectivity index (χ0) is 36.4. The van der Waals surface area contributed by atoms with Crippen LogP contribution in [0.2, 0.25) is 0 Å². The van der Waals surface area contributed by atoms with Gasteiger partial charge >= 0.3 is 5.97 Å². The fourth-order valence-electron chi connectivity index (χ4n) is 15.5. The first-order valence-corrected chi connectivity index (χ1v) is 21.2. The van der Waals surface area contributed by atoms with Crippen molar-refractivity contribution in [2.24, 2.45) is 50.7 Å². The van der Waals surface area contributed by atoms with Crippen LogP contribution >= 0.6 is 0 Å². The van der Waals surface area contributed by atoms with Crippen LogP contribution in [0.5, 0.6) is 0 Å². The molecule has 14 unspecified atom stereocenters. The molecule has 0 aromatic heterocycles. The highest BCUT2D eigenvalue weighted by Crippen LogP contribution is 2.89. The lowest BCUT2D eigenvalue weighted by Gasteiger charge is -2.64. The molecule has 8 aliphatic rings. The Kier molecular flexibility index (Phi) is 9.20. The lowest BCUT2D eigenvalue weighted by Crippen LogP contribution is -2.60. The summed E-state index contributed by atoms with van der Waals surface area (Å²) in [6.45, 7) is 19.7. The summed E-state index contributed by atoms with van der Waals surface area (Å²) in [6, 6.07) is 0.691. The molecule has 6 aliphatic carbocycles. The molecule has 8 nitrogen and oxygen atoms in total. The van der Waals surface area contributed by atoms with Crippen molar-refractivity contribution >= 4 is 5.97 Å². The van der Waals surface area contributed by atoms with Gasteiger partial charge in [0.2, 0.25) is 0 Å². The van der Waals surface area contributed by atoms with Gasteiger partial charge in [-0.05, 0) is 123 Å². The smallest absolute Gasteiger partial charge is 0.303 e. The molecule has 0 aromatic rings. The highest BCUT2D eigenvalue weighted by Gasteiger charge is 2.84. The number of morpholine rings is 1. The molecule has 8 rings (SSSR count). The van der Waals surface area contributed by atoms with Crippen molar-refractivity contribution in [3.63, 3.8) is 0 Å². The molecule has 0 radical (unpaired) electrons. The number of aliphatic hydroxyl groups is 2. The molecule has 2 spiro atoms. The quantitative estimate of drug-likeness (QED) is 0.219. The Morgan fingerprint density at radius 3 is 2.31 bits per heavy atom. The van der Waals surface area contributed by atoms with E-state index in [-0.39, 0.29) is 52.0 Å². The summed E-state index contributed by atoms with van der Waals surface area (Å²) >= 11 is 0. The molecule has 2 N–H and O–H groups in total. The standard InChI is InChI=1S/C43H71NO7/c1-26-23-29(37(39(5,6)47)49-27(2)45)50-35-34(26)40(7)19-20-43-25-42(43)18-17-32(38(3,4)30(42)15-16-31(43)41(40,8)36(35)46)51-33-24-44(21-22-48-33)28-13-11-9-10-12-14-28/h26,28-37,46-47H,9-25H2,1-8H3. The van der Waals surface area contributed by atoms with Crippen molar-refractivity contribution in [1.82, 2.24) is 4.90 Å². The summed E-state index contributed by atoms with van der Waals surface area (Å²) in [5, 5.41) is 23.7. The van der Waals surface area contributed by atoms with E-state index in [4.69, 9.17) is 18.9 Å². The Balaban J connectivity index is 1.00. The zero-order valence-electron chi connectivity index (χ0n) is 33.3. The molecule has 2 saturated heterocycles. The number of nitrogens with zero attached hydrogens (tertiary/aromatic N) is 1. The summed E-state index contributed by atoms with van der Waals surface area (Å²) in [5.74, 6) is 1.17. The van der Waals surface area contributed by atoms with Gasteiger partial charge in [0.15, 0.2) is 12.4 Å². The lowest BCUT2D eigenvalue weighted by molar-refractivity contribution is -0.251. The number of carbonyl (C=O) groups is 1. The van der Waals surface area contributed by atoms with E-state index in [9.17, 15) is 15.0 Å². The molecule has 51 heavy (non-hydrogen) atoms. The Bertz CT molecular complexity index is 1320. The molecule has 2 aliphatic heterocycles.